The third-order valence-electron chi connectivity index (χ3n) is 3.09. The summed E-state index contributed by atoms with van der Waals surface area (Å²) in [4.78, 5) is 10.4. The van der Waals surface area contributed by atoms with E-state index in [4.69, 9.17) is 11.6 Å². The number of aliphatic hydroxyl groups excluding tert-OH is 1. The van der Waals surface area contributed by atoms with Crippen LogP contribution in [-0.2, 0) is 6.61 Å². The van der Waals surface area contributed by atoms with Gasteiger partial charge < -0.3 is 9.67 Å². The second kappa shape index (κ2) is 5.03. The van der Waals surface area contributed by atoms with Crippen LogP contribution in [-0.4, -0.2) is 14.6 Å². The van der Waals surface area contributed by atoms with Crippen molar-refractivity contribution in [3.63, 3.8) is 0 Å². The van der Waals surface area contributed by atoms with Crippen molar-refractivity contribution in [3.8, 4) is 5.69 Å². The van der Waals surface area contributed by atoms with Gasteiger partial charge in [0.25, 0.3) is 5.69 Å². The molecule has 100 valence electrons. The molecule has 1 aromatic carbocycles. The molecule has 0 aliphatic heterocycles. The molecule has 0 saturated heterocycles. The van der Waals surface area contributed by atoms with Crippen molar-refractivity contribution in [2.24, 2.45) is 0 Å². The van der Waals surface area contributed by atoms with Gasteiger partial charge in [0.05, 0.1) is 22.2 Å². The zero-order valence-corrected chi connectivity index (χ0v) is 11.3. The van der Waals surface area contributed by atoms with Crippen molar-refractivity contribution in [1.29, 1.82) is 0 Å². The molecule has 1 aromatic heterocycles. The van der Waals surface area contributed by atoms with Gasteiger partial charge >= 0.3 is 0 Å². The Morgan fingerprint density at radius 2 is 2.05 bits per heavy atom. The van der Waals surface area contributed by atoms with Crippen LogP contribution in [0.5, 0.6) is 0 Å². The van der Waals surface area contributed by atoms with Crippen LogP contribution in [0.25, 0.3) is 5.69 Å². The van der Waals surface area contributed by atoms with Crippen LogP contribution < -0.4 is 0 Å². The topological polar surface area (TPSA) is 68.3 Å². The Balaban J connectivity index is 2.68. The maximum absolute atomic E-state index is 10.8. The summed E-state index contributed by atoms with van der Waals surface area (Å²) < 4.78 is 1.81. The number of aromatic nitrogens is 1. The number of hydrogen-bond donors (Lipinski definition) is 1. The average Bonchev–Trinajstić information content (AvgIpc) is 2.65. The van der Waals surface area contributed by atoms with E-state index >= 15 is 0 Å². The van der Waals surface area contributed by atoms with Gasteiger partial charge in [0.2, 0.25) is 0 Å². The summed E-state index contributed by atoms with van der Waals surface area (Å²) in [7, 11) is 0. The monoisotopic (exact) mass is 280 g/mol. The number of aliphatic hydroxyl groups is 1. The Morgan fingerprint density at radius 1 is 1.37 bits per heavy atom. The van der Waals surface area contributed by atoms with Gasteiger partial charge in [0.1, 0.15) is 0 Å². The molecule has 2 rings (SSSR count). The van der Waals surface area contributed by atoms with Crippen molar-refractivity contribution in [3.05, 3.63) is 56.4 Å². The minimum absolute atomic E-state index is 0.0163. The molecule has 6 heteroatoms. The highest BCUT2D eigenvalue weighted by atomic mass is 35.5. The van der Waals surface area contributed by atoms with E-state index in [-0.39, 0.29) is 12.3 Å². The minimum Gasteiger partial charge on any atom is -0.392 e. The molecule has 0 bridgehead atoms. The first-order chi connectivity index (χ1) is 8.95. The first-order valence-electron chi connectivity index (χ1n) is 5.68. The van der Waals surface area contributed by atoms with Crippen LogP contribution in [0.2, 0.25) is 5.02 Å². The first kappa shape index (κ1) is 13.6. The van der Waals surface area contributed by atoms with Crippen LogP contribution in [0.1, 0.15) is 17.0 Å². The molecule has 0 radical (unpaired) electrons. The maximum Gasteiger partial charge on any atom is 0.271 e. The zero-order chi connectivity index (χ0) is 14.2. The Bertz CT molecular complexity index is 650. The molecular weight excluding hydrogens is 268 g/mol. The van der Waals surface area contributed by atoms with E-state index in [1.165, 1.54) is 18.2 Å². The predicted molar refractivity (Wildman–Crippen MR) is 72.8 cm³/mol. The minimum atomic E-state index is -0.457. The molecule has 0 spiro atoms. The number of rotatable bonds is 3. The standard InChI is InChI=1S/C13H13ClN2O3/c1-8-5-10(7-17)9(2)15(8)13-6-11(16(18)19)3-4-12(13)14/h3-6,17H,7H2,1-2H3. The summed E-state index contributed by atoms with van der Waals surface area (Å²) in [6.07, 6.45) is 0. The summed E-state index contributed by atoms with van der Waals surface area (Å²) in [6, 6.07) is 6.15. The fourth-order valence-electron chi connectivity index (χ4n) is 2.15. The normalized spacial score (nSPS) is 10.7. The van der Waals surface area contributed by atoms with Crippen molar-refractivity contribution < 1.29 is 10.0 Å². The fourth-order valence-corrected chi connectivity index (χ4v) is 2.35. The highest BCUT2D eigenvalue weighted by Crippen LogP contribution is 2.29. The number of benzene rings is 1. The number of halogens is 1. The van der Waals surface area contributed by atoms with Gasteiger partial charge in [0.15, 0.2) is 0 Å². The molecule has 0 aliphatic carbocycles. The summed E-state index contributed by atoms with van der Waals surface area (Å²) in [5, 5.41) is 20.5. The fraction of sp³-hybridized carbons (Fsp3) is 0.231. The molecule has 0 aliphatic rings. The van der Waals surface area contributed by atoms with Crippen LogP contribution in [0.15, 0.2) is 24.3 Å². The lowest BCUT2D eigenvalue weighted by Gasteiger charge is -2.11. The highest BCUT2D eigenvalue weighted by molar-refractivity contribution is 6.32. The number of nitrogens with zero attached hydrogens (tertiary/aromatic N) is 2. The highest BCUT2D eigenvalue weighted by Gasteiger charge is 2.16. The van der Waals surface area contributed by atoms with Crippen molar-refractivity contribution in [2.75, 3.05) is 0 Å². The van der Waals surface area contributed by atoms with E-state index < -0.39 is 4.92 Å². The van der Waals surface area contributed by atoms with Crippen molar-refractivity contribution >= 4 is 17.3 Å². The molecule has 0 atom stereocenters. The number of nitro benzene ring substituents is 1. The van der Waals surface area contributed by atoms with E-state index in [9.17, 15) is 15.2 Å². The van der Waals surface area contributed by atoms with Gasteiger partial charge in [0, 0.05) is 23.5 Å². The smallest absolute Gasteiger partial charge is 0.271 e. The van der Waals surface area contributed by atoms with E-state index in [0.29, 0.717) is 10.7 Å². The third kappa shape index (κ3) is 2.34. The molecule has 5 nitrogen and oxygen atoms in total. The van der Waals surface area contributed by atoms with Crippen LogP contribution in [0.4, 0.5) is 5.69 Å². The Morgan fingerprint density at radius 3 is 2.58 bits per heavy atom. The molecule has 19 heavy (non-hydrogen) atoms. The molecule has 0 saturated carbocycles. The van der Waals surface area contributed by atoms with Crippen LogP contribution >= 0.6 is 11.6 Å². The largest absolute Gasteiger partial charge is 0.392 e. The van der Waals surface area contributed by atoms with Gasteiger partial charge in [-0.3, -0.25) is 10.1 Å². The molecule has 2 aromatic rings. The van der Waals surface area contributed by atoms with Crippen molar-refractivity contribution in [2.45, 2.75) is 20.5 Å². The summed E-state index contributed by atoms with van der Waals surface area (Å²) >= 11 is 6.13. The molecule has 1 N–H and O–H groups in total. The summed E-state index contributed by atoms with van der Waals surface area (Å²) in [5.41, 5.74) is 2.99. The molecule has 0 unspecified atom stereocenters. The third-order valence-corrected chi connectivity index (χ3v) is 3.41. The summed E-state index contributed by atoms with van der Waals surface area (Å²) in [6.45, 7) is 3.63. The second-order valence-electron chi connectivity index (χ2n) is 4.28. The zero-order valence-electron chi connectivity index (χ0n) is 10.6. The molecule has 1 heterocycles. The van der Waals surface area contributed by atoms with E-state index in [1.54, 1.807) is 4.57 Å². The van der Waals surface area contributed by atoms with Crippen LogP contribution in [0, 0.1) is 24.0 Å². The average molecular weight is 281 g/mol. The number of non-ortho nitro benzene ring substituents is 1. The second-order valence-corrected chi connectivity index (χ2v) is 4.69. The van der Waals surface area contributed by atoms with Gasteiger partial charge in [-0.05, 0) is 31.5 Å². The van der Waals surface area contributed by atoms with Crippen molar-refractivity contribution in [1.82, 2.24) is 4.57 Å². The Hall–Kier alpha value is -1.85. The molecule has 0 amide bonds. The lowest BCUT2D eigenvalue weighted by molar-refractivity contribution is -0.384. The number of hydrogen-bond acceptors (Lipinski definition) is 3. The number of aryl methyl sites for hydroxylation is 1. The quantitative estimate of drug-likeness (QED) is 0.694. The Labute approximate surface area is 115 Å². The van der Waals surface area contributed by atoms with Crippen LogP contribution in [0.3, 0.4) is 0 Å². The van der Waals surface area contributed by atoms with E-state index in [1.807, 2.05) is 19.9 Å². The SMILES string of the molecule is Cc1cc(CO)c(C)n1-c1cc([N+](=O)[O-])ccc1Cl. The van der Waals surface area contributed by atoms with Gasteiger partial charge in [-0.2, -0.15) is 0 Å². The molecule has 0 fully saturated rings. The van der Waals surface area contributed by atoms with E-state index in [2.05, 4.69) is 0 Å². The van der Waals surface area contributed by atoms with Gasteiger partial charge in [-0.1, -0.05) is 11.6 Å². The predicted octanol–water partition coefficient (Wildman–Crippen LogP) is 3.15. The summed E-state index contributed by atoms with van der Waals surface area (Å²) in [5.74, 6) is 0. The molecular formula is C13H13ClN2O3. The lowest BCUT2D eigenvalue weighted by Crippen LogP contribution is -2.02. The van der Waals surface area contributed by atoms with Gasteiger partial charge in [-0.25, -0.2) is 0 Å². The lowest BCUT2D eigenvalue weighted by atomic mass is 10.2. The van der Waals surface area contributed by atoms with Gasteiger partial charge in [-0.15, -0.1) is 0 Å². The first-order valence-corrected chi connectivity index (χ1v) is 6.06. The van der Waals surface area contributed by atoms with E-state index in [0.717, 1.165) is 17.0 Å². The Kier molecular flexibility index (Phi) is 3.59. The maximum atomic E-state index is 10.8. The number of nitro groups is 1.